The summed E-state index contributed by atoms with van der Waals surface area (Å²) in [4.78, 5) is 12.3. The monoisotopic (exact) mass is 225 g/mol. The highest BCUT2D eigenvalue weighted by Gasteiger charge is 2.15. The smallest absolute Gasteiger partial charge is 0.317 e. The normalized spacial score (nSPS) is 19.9. The van der Waals surface area contributed by atoms with E-state index in [0.717, 1.165) is 38.8 Å². The maximum absolute atomic E-state index is 10.6. The number of hydrogen-bond donors (Lipinski definition) is 1. The Balaban J connectivity index is 2.15. The number of terminal acetylenes is 1. The van der Waals surface area contributed by atoms with Crippen molar-refractivity contribution >= 4 is 5.97 Å². The van der Waals surface area contributed by atoms with Crippen LogP contribution in [-0.2, 0) is 9.53 Å². The third-order valence-corrected chi connectivity index (χ3v) is 2.70. The molecule has 1 unspecified atom stereocenters. The van der Waals surface area contributed by atoms with Crippen molar-refractivity contribution in [3.05, 3.63) is 0 Å². The van der Waals surface area contributed by atoms with Crippen molar-refractivity contribution in [3.63, 3.8) is 0 Å². The molecule has 16 heavy (non-hydrogen) atoms. The van der Waals surface area contributed by atoms with E-state index >= 15 is 0 Å². The van der Waals surface area contributed by atoms with Crippen LogP contribution in [0.15, 0.2) is 0 Å². The van der Waals surface area contributed by atoms with Crippen LogP contribution in [0.1, 0.15) is 25.7 Å². The lowest BCUT2D eigenvalue weighted by molar-refractivity contribution is -0.138. The molecule has 0 saturated carbocycles. The minimum Gasteiger partial charge on any atom is -0.480 e. The van der Waals surface area contributed by atoms with Crippen LogP contribution < -0.4 is 0 Å². The molecule has 0 aliphatic carbocycles. The summed E-state index contributed by atoms with van der Waals surface area (Å²) in [6.45, 7) is 2.03. The Labute approximate surface area is 96.6 Å². The van der Waals surface area contributed by atoms with E-state index in [1.54, 1.807) is 4.90 Å². The Bertz CT molecular complexity index is 253. The van der Waals surface area contributed by atoms with Gasteiger partial charge in [-0.2, -0.15) is 0 Å². The Hall–Kier alpha value is -1.05. The van der Waals surface area contributed by atoms with Crippen molar-refractivity contribution < 1.29 is 14.6 Å². The van der Waals surface area contributed by atoms with Crippen LogP contribution in [0.5, 0.6) is 0 Å². The first-order valence-corrected chi connectivity index (χ1v) is 5.71. The number of carbonyl (C=O) groups is 1. The summed E-state index contributed by atoms with van der Waals surface area (Å²) in [7, 11) is 0. The van der Waals surface area contributed by atoms with Crippen LogP contribution >= 0.6 is 0 Å². The number of ether oxygens (including phenoxy) is 1. The van der Waals surface area contributed by atoms with E-state index in [-0.39, 0.29) is 6.54 Å². The van der Waals surface area contributed by atoms with Gasteiger partial charge in [-0.1, -0.05) is 5.92 Å². The van der Waals surface area contributed by atoms with E-state index in [0.29, 0.717) is 12.6 Å². The second kappa shape index (κ2) is 7.26. The molecule has 4 heteroatoms. The fourth-order valence-electron chi connectivity index (χ4n) is 1.95. The lowest BCUT2D eigenvalue weighted by atomic mass is 10.1. The number of carboxylic acids is 1. The molecule has 1 N–H and O–H groups in total. The number of hydrogen-bond acceptors (Lipinski definition) is 3. The molecule has 4 nitrogen and oxygen atoms in total. The van der Waals surface area contributed by atoms with Crippen LogP contribution in [-0.4, -0.2) is 48.3 Å². The molecule has 1 fully saturated rings. The third kappa shape index (κ3) is 5.15. The third-order valence-electron chi connectivity index (χ3n) is 2.70. The first-order chi connectivity index (χ1) is 7.72. The zero-order valence-electron chi connectivity index (χ0n) is 9.52. The molecule has 1 rings (SSSR count). The van der Waals surface area contributed by atoms with Gasteiger partial charge in [0.25, 0.3) is 0 Å². The van der Waals surface area contributed by atoms with Gasteiger partial charge in [-0.3, -0.25) is 9.69 Å². The highest BCUT2D eigenvalue weighted by atomic mass is 16.5. The molecule has 1 aliphatic rings. The molecule has 0 bridgehead atoms. The van der Waals surface area contributed by atoms with E-state index in [9.17, 15) is 4.79 Å². The molecule has 0 amide bonds. The average molecular weight is 225 g/mol. The van der Waals surface area contributed by atoms with Crippen LogP contribution in [0.4, 0.5) is 0 Å². The first kappa shape index (κ1) is 13.0. The summed E-state index contributed by atoms with van der Waals surface area (Å²) in [5.41, 5.74) is 0. The van der Waals surface area contributed by atoms with Crippen LogP contribution in [0, 0.1) is 12.3 Å². The van der Waals surface area contributed by atoms with Crippen molar-refractivity contribution in [1.82, 2.24) is 4.90 Å². The summed E-state index contributed by atoms with van der Waals surface area (Å²) in [6, 6.07) is 0. The summed E-state index contributed by atoms with van der Waals surface area (Å²) < 4.78 is 5.50. The summed E-state index contributed by atoms with van der Waals surface area (Å²) in [6.07, 6.45) is 9.79. The largest absolute Gasteiger partial charge is 0.480 e. The topological polar surface area (TPSA) is 49.8 Å². The molecule has 0 spiro atoms. The SMILES string of the molecule is C#CCN(CCCC1CCCO1)CC(=O)O. The Morgan fingerprint density at radius 3 is 3.00 bits per heavy atom. The number of rotatable bonds is 7. The van der Waals surface area contributed by atoms with Gasteiger partial charge < -0.3 is 9.84 Å². The van der Waals surface area contributed by atoms with Gasteiger partial charge in [0.1, 0.15) is 0 Å². The van der Waals surface area contributed by atoms with Gasteiger partial charge >= 0.3 is 5.97 Å². The number of nitrogens with zero attached hydrogens (tertiary/aromatic N) is 1. The second-order valence-electron chi connectivity index (χ2n) is 4.09. The van der Waals surface area contributed by atoms with Crippen molar-refractivity contribution in [2.45, 2.75) is 31.8 Å². The molecule has 1 heterocycles. The number of aliphatic carboxylic acids is 1. The second-order valence-corrected chi connectivity index (χ2v) is 4.09. The molecule has 90 valence electrons. The fraction of sp³-hybridized carbons (Fsp3) is 0.750. The van der Waals surface area contributed by atoms with E-state index < -0.39 is 5.97 Å². The van der Waals surface area contributed by atoms with Gasteiger partial charge in [0.05, 0.1) is 19.2 Å². The highest BCUT2D eigenvalue weighted by Crippen LogP contribution is 2.16. The lowest BCUT2D eigenvalue weighted by Crippen LogP contribution is -2.31. The van der Waals surface area contributed by atoms with Crippen molar-refractivity contribution in [1.29, 1.82) is 0 Å². The first-order valence-electron chi connectivity index (χ1n) is 5.71. The molecule has 1 saturated heterocycles. The molecule has 1 atom stereocenters. The van der Waals surface area contributed by atoms with Gasteiger partial charge in [0, 0.05) is 6.61 Å². The molecule has 0 radical (unpaired) electrons. The van der Waals surface area contributed by atoms with Crippen LogP contribution in [0.25, 0.3) is 0 Å². The standard InChI is InChI=1S/C12H19NO3/c1-2-7-13(10-12(14)15)8-3-5-11-6-4-9-16-11/h1,11H,3-10H2,(H,14,15). The molecule has 0 aromatic heterocycles. The molecule has 0 aromatic carbocycles. The maximum atomic E-state index is 10.6. The summed E-state index contributed by atoms with van der Waals surface area (Å²) >= 11 is 0. The van der Waals surface area contributed by atoms with Gasteiger partial charge in [0.15, 0.2) is 0 Å². The van der Waals surface area contributed by atoms with E-state index in [2.05, 4.69) is 5.92 Å². The zero-order chi connectivity index (χ0) is 11.8. The minimum atomic E-state index is -0.827. The Kier molecular flexibility index (Phi) is 5.91. The van der Waals surface area contributed by atoms with Crippen molar-refractivity contribution in [3.8, 4) is 12.3 Å². The van der Waals surface area contributed by atoms with Gasteiger partial charge in [-0.25, -0.2) is 0 Å². The molecular formula is C12H19NO3. The van der Waals surface area contributed by atoms with E-state index in [1.165, 1.54) is 0 Å². The average Bonchev–Trinajstić information content (AvgIpc) is 2.70. The Morgan fingerprint density at radius 2 is 2.44 bits per heavy atom. The molecule has 0 aromatic rings. The van der Waals surface area contributed by atoms with Gasteiger partial charge in [-0.15, -0.1) is 6.42 Å². The fourth-order valence-corrected chi connectivity index (χ4v) is 1.95. The highest BCUT2D eigenvalue weighted by molar-refractivity contribution is 5.69. The van der Waals surface area contributed by atoms with Crippen molar-refractivity contribution in [2.75, 3.05) is 26.2 Å². The zero-order valence-corrected chi connectivity index (χ0v) is 9.52. The van der Waals surface area contributed by atoms with Crippen LogP contribution in [0.3, 0.4) is 0 Å². The summed E-state index contributed by atoms with van der Waals surface area (Å²) in [5.74, 6) is 1.66. The lowest BCUT2D eigenvalue weighted by Gasteiger charge is -2.18. The summed E-state index contributed by atoms with van der Waals surface area (Å²) in [5, 5.41) is 8.69. The minimum absolute atomic E-state index is 0.0235. The van der Waals surface area contributed by atoms with Crippen molar-refractivity contribution in [2.24, 2.45) is 0 Å². The van der Waals surface area contributed by atoms with E-state index in [1.807, 2.05) is 0 Å². The predicted molar refractivity (Wildman–Crippen MR) is 61.1 cm³/mol. The quantitative estimate of drug-likeness (QED) is 0.656. The predicted octanol–water partition coefficient (Wildman–Crippen LogP) is 0.965. The molecule has 1 aliphatic heterocycles. The molecular weight excluding hydrogens is 206 g/mol. The van der Waals surface area contributed by atoms with Gasteiger partial charge in [-0.05, 0) is 32.2 Å². The van der Waals surface area contributed by atoms with Crippen LogP contribution in [0.2, 0.25) is 0 Å². The Morgan fingerprint density at radius 1 is 1.62 bits per heavy atom. The van der Waals surface area contributed by atoms with E-state index in [4.69, 9.17) is 16.3 Å². The van der Waals surface area contributed by atoms with Gasteiger partial charge in [0.2, 0.25) is 0 Å². The maximum Gasteiger partial charge on any atom is 0.317 e. The number of carboxylic acid groups (broad SMARTS) is 1.